The molecule has 5 heteroatoms. The van der Waals surface area contributed by atoms with Gasteiger partial charge >= 0.3 is 0 Å². The van der Waals surface area contributed by atoms with E-state index in [9.17, 15) is 0 Å². The largest absolute Gasteiger partial charge is 0.415 e. The molecule has 1 saturated heterocycles. The third kappa shape index (κ3) is 7.26. The predicted octanol–water partition coefficient (Wildman–Crippen LogP) is 7.45. The molecule has 2 atom stereocenters. The van der Waals surface area contributed by atoms with Crippen LogP contribution in [0.4, 0.5) is 0 Å². The third-order valence-electron chi connectivity index (χ3n) is 8.11. The Bertz CT molecular complexity index is 639. The van der Waals surface area contributed by atoms with Crippen molar-refractivity contribution in [2.75, 3.05) is 13.2 Å². The molecule has 1 aromatic rings. The molecule has 31 heavy (non-hydrogen) atoms. The van der Waals surface area contributed by atoms with Gasteiger partial charge in [-0.25, -0.2) is 0 Å². The van der Waals surface area contributed by atoms with Crippen molar-refractivity contribution in [1.29, 1.82) is 0 Å². The summed E-state index contributed by atoms with van der Waals surface area (Å²) < 4.78 is 13.4. The fourth-order valence-corrected chi connectivity index (χ4v) is 5.76. The van der Waals surface area contributed by atoms with Crippen LogP contribution >= 0.6 is 0 Å². The smallest absolute Gasteiger partial charge is 0.192 e. The van der Waals surface area contributed by atoms with Gasteiger partial charge < -0.3 is 8.85 Å². The molecule has 0 aromatic heterocycles. The molecule has 2 rings (SSSR count). The highest BCUT2D eigenvalue weighted by Crippen LogP contribution is 2.39. The summed E-state index contributed by atoms with van der Waals surface area (Å²) in [7, 11) is -3.51. The molecule has 0 spiro atoms. The molecule has 0 N–H and O–H groups in total. The van der Waals surface area contributed by atoms with E-state index in [1.54, 1.807) is 0 Å². The number of hydrogen-bond acceptors (Lipinski definition) is 3. The molecule has 0 saturated carbocycles. The van der Waals surface area contributed by atoms with Crippen molar-refractivity contribution >= 4 is 16.6 Å². The van der Waals surface area contributed by atoms with Crippen molar-refractivity contribution in [2.45, 2.75) is 116 Å². The number of benzene rings is 1. The van der Waals surface area contributed by atoms with E-state index in [-0.39, 0.29) is 10.1 Å². The van der Waals surface area contributed by atoms with Crippen molar-refractivity contribution in [3.05, 3.63) is 35.9 Å². The van der Waals surface area contributed by atoms with Crippen molar-refractivity contribution < 1.29 is 8.85 Å². The van der Waals surface area contributed by atoms with Crippen LogP contribution in [0, 0.1) is 0 Å². The molecule has 0 aliphatic carbocycles. The van der Waals surface area contributed by atoms with Gasteiger partial charge in [-0.3, -0.25) is 4.90 Å². The van der Waals surface area contributed by atoms with Gasteiger partial charge in [0.05, 0.1) is 0 Å². The summed E-state index contributed by atoms with van der Waals surface area (Å²) in [6, 6.07) is 11.9. The predicted molar refractivity (Wildman–Crippen MR) is 140 cm³/mol. The van der Waals surface area contributed by atoms with E-state index in [0.29, 0.717) is 12.1 Å². The first kappa shape index (κ1) is 26.8. The fourth-order valence-electron chi connectivity index (χ4n) is 3.67. The molecule has 178 valence electrons. The van der Waals surface area contributed by atoms with Crippen LogP contribution in [-0.2, 0) is 15.4 Å². The summed E-state index contributed by atoms with van der Waals surface area (Å²) in [5, 5.41) is 0.494. The van der Waals surface area contributed by atoms with E-state index in [1.807, 2.05) is 0 Å². The number of hydrogen-bond donors (Lipinski definition) is 0. The van der Waals surface area contributed by atoms with E-state index in [4.69, 9.17) is 8.85 Å². The Balaban J connectivity index is 2.17. The van der Waals surface area contributed by atoms with Gasteiger partial charge in [-0.15, -0.1) is 0 Å². The van der Waals surface area contributed by atoms with E-state index in [1.165, 1.54) is 24.8 Å². The molecule has 1 aliphatic rings. The lowest BCUT2D eigenvalue weighted by molar-refractivity contribution is 0.0168. The molecule has 1 aromatic carbocycles. The Morgan fingerprint density at radius 1 is 0.774 bits per heavy atom. The van der Waals surface area contributed by atoms with Gasteiger partial charge in [-0.1, -0.05) is 78.3 Å². The monoisotopic (exact) mass is 463 g/mol. The first-order valence-electron chi connectivity index (χ1n) is 12.2. The van der Waals surface area contributed by atoms with Crippen LogP contribution in [0.1, 0.15) is 66.4 Å². The van der Waals surface area contributed by atoms with Crippen LogP contribution in [0.25, 0.3) is 0 Å². The minimum absolute atomic E-state index is 0.247. The molecule has 3 nitrogen and oxygen atoms in total. The average Bonchev–Trinajstić information content (AvgIpc) is 2.65. The highest BCUT2D eigenvalue weighted by atomic mass is 28.4. The molecule has 1 fully saturated rings. The third-order valence-corrected chi connectivity index (χ3v) is 17.1. The van der Waals surface area contributed by atoms with Gasteiger partial charge in [0.1, 0.15) is 0 Å². The molecule has 0 bridgehead atoms. The minimum Gasteiger partial charge on any atom is -0.415 e. The Morgan fingerprint density at radius 2 is 1.19 bits per heavy atom. The van der Waals surface area contributed by atoms with Crippen molar-refractivity contribution in [2.24, 2.45) is 0 Å². The second-order valence-corrected chi connectivity index (χ2v) is 22.2. The summed E-state index contributed by atoms with van der Waals surface area (Å²) in [6.45, 7) is 26.1. The second-order valence-electron chi connectivity index (χ2n) is 12.5. The first-order valence-corrected chi connectivity index (χ1v) is 18.0. The van der Waals surface area contributed by atoms with Gasteiger partial charge in [0.15, 0.2) is 16.6 Å². The Kier molecular flexibility index (Phi) is 8.82. The van der Waals surface area contributed by atoms with Crippen LogP contribution < -0.4 is 0 Å². The standard InChI is InChI=1S/C26H49NO2Si2/c1-25(2,3)30(7,8)28-20-23-17-14-18-24(21-29-31(9,10)26(4,5)6)27(23)19-22-15-12-11-13-16-22/h11-13,15-16,23-24H,14,17-21H2,1-10H3/t23-,24-/m0/s1. The van der Waals surface area contributed by atoms with Gasteiger partial charge in [0.25, 0.3) is 0 Å². The van der Waals surface area contributed by atoms with Gasteiger partial charge in [-0.05, 0) is 54.7 Å². The molecule has 0 amide bonds. The first-order chi connectivity index (χ1) is 14.1. The lowest BCUT2D eigenvalue weighted by Gasteiger charge is -2.46. The van der Waals surface area contributed by atoms with E-state index in [0.717, 1.165) is 19.8 Å². The summed E-state index contributed by atoms with van der Waals surface area (Å²) in [4.78, 5) is 2.71. The van der Waals surface area contributed by atoms with Crippen LogP contribution in [0.5, 0.6) is 0 Å². The zero-order valence-electron chi connectivity index (χ0n) is 22.0. The van der Waals surface area contributed by atoms with Crippen molar-refractivity contribution in [1.82, 2.24) is 4.90 Å². The maximum atomic E-state index is 6.71. The molecule has 0 radical (unpaired) electrons. The lowest BCUT2D eigenvalue weighted by atomic mass is 9.95. The average molecular weight is 464 g/mol. The molecule has 1 heterocycles. The summed E-state index contributed by atoms with van der Waals surface area (Å²) in [6.07, 6.45) is 3.71. The quantitative estimate of drug-likeness (QED) is 0.374. The van der Waals surface area contributed by atoms with E-state index >= 15 is 0 Å². The van der Waals surface area contributed by atoms with Crippen LogP contribution in [0.3, 0.4) is 0 Å². The normalized spacial score (nSPS) is 22.0. The van der Waals surface area contributed by atoms with Gasteiger partial charge in [0.2, 0.25) is 0 Å². The molecular formula is C26H49NO2Si2. The Hall–Kier alpha value is -0.466. The summed E-state index contributed by atoms with van der Waals surface area (Å²) in [5.41, 5.74) is 1.39. The molecule has 1 aliphatic heterocycles. The van der Waals surface area contributed by atoms with Gasteiger partial charge in [0, 0.05) is 31.8 Å². The lowest BCUT2D eigenvalue weighted by Crippen LogP contribution is -2.54. The van der Waals surface area contributed by atoms with E-state index < -0.39 is 16.6 Å². The summed E-state index contributed by atoms with van der Waals surface area (Å²) >= 11 is 0. The van der Waals surface area contributed by atoms with E-state index in [2.05, 4.69) is 103 Å². The van der Waals surface area contributed by atoms with Crippen LogP contribution in [0.2, 0.25) is 36.3 Å². The molecular weight excluding hydrogens is 414 g/mol. The number of rotatable bonds is 8. The molecule has 0 unspecified atom stereocenters. The maximum absolute atomic E-state index is 6.71. The fraction of sp³-hybridized carbons (Fsp3) is 0.769. The maximum Gasteiger partial charge on any atom is 0.192 e. The minimum atomic E-state index is -1.76. The summed E-state index contributed by atoms with van der Waals surface area (Å²) in [5.74, 6) is 0. The van der Waals surface area contributed by atoms with Crippen molar-refractivity contribution in [3.63, 3.8) is 0 Å². The number of likely N-dealkylation sites (tertiary alicyclic amines) is 1. The Labute approximate surface area is 195 Å². The SMILES string of the molecule is CC(C)(C)[Si](C)(C)OC[C@@H]1CCC[C@@H](CO[Si](C)(C)C(C)(C)C)N1Cc1ccccc1. The zero-order chi connectivity index (χ0) is 23.5. The van der Waals surface area contributed by atoms with Crippen LogP contribution in [-0.4, -0.2) is 46.8 Å². The van der Waals surface area contributed by atoms with Crippen LogP contribution in [0.15, 0.2) is 30.3 Å². The number of piperidine rings is 1. The highest BCUT2D eigenvalue weighted by molar-refractivity contribution is 6.74. The van der Waals surface area contributed by atoms with Crippen molar-refractivity contribution in [3.8, 4) is 0 Å². The topological polar surface area (TPSA) is 21.7 Å². The van der Waals surface area contributed by atoms with Gasteiger partial charge in [-0.2, -0.15) is 0 Å². The zero-order valence-corrected chi connectivity index (χ0v) is 24.0. The second kappa shape index (κ2) is 10.2. The number of nitrogens with zero attached hydrogens (tertiary/aromatic N) is 1. The highest BCUT2D eigenvalue weighted by Gasteiger charge is 2.41. The Morgan fingerprint density at radius 3 is 1.58 bits per heavy atom.